The molecule has 0 unspecified atom stereocenters. The molecule has 0 spiro atoms. The van der Waals surface area contributed by atoms with Gasteiger partial charge in [0.25, 0.3) is 0 Å². The number of nitrogens with one attached hydrogen (secondary N) is 1. The number of hydrogen-bond acceptors (Lipinski definition) is 4. The van der Waals surface area contributed by atoms with Crippen LogP contribution >= 0.6 is 0 Å². The highest BCUT2D eigenvalue weighted by molar-refractivity contribution is 5.86. The van der Waals surface area contributed by atoms with Gasteiger partial charge in [-0.05, 0) is 44.0 Å². The maximum absolute atomic E-state index is 10.2. The molecule has 4 rings (SSSR count). The predicted molar refractivity (Wildman–Crippen MR) is 99.6 cm³/mol. The third kappa shape index (κ3) is 2.59. The molecule has 0 bridgehead atoms. The number of nitrogens with zero attached hydrogens (tertiary/aromatic N) is 3. The highest BCUT2D eigenvalue weighted by atomic mass is 16.3. The topological polar surface area (TPSA) is 65.0 Å². The zero-order chi connectivity index (χ0) is 17.6. The quantitative estimate of drug-likeness (QED) is 0.757. The second-order valence-corrected chi connectivity index (χ2v) is 7.03. The van der Waals surface area contributed by atoms with Gasteiger partial charge in [0, 0.05) is 41.7 Å². The number of rotatable bonds is 3. The van der Waals surface area contributed by atoms with Crippen LogP contribution in [0.25, 0.3) is 22.3 Å². The summed E-state index contributed by atoms with van der Waals surface area (Å²) in [6, 6.07) is 10.2. The molecule has 0 aliphatic carbocycles. The molecule has 0 saturated carbocycles. The summed E-state index contributed by atoms with van der Waals surface area (Å²) in [7, 11) is 0. The van der Waals surface area contributed by atoms with Crippen molar-refractivity contribution >= 4 is 11.0 Å². The van der Waals surface area contributed by atoms with Gasteiger partial charge in [-0.25, -0.2) is 0 Å². The summed E-state index contributed by atoms with van der Waals surface area (Å²) >= 11 is 0. The molecule has 1 aliphatic heterocycles. The summed E-state index contributed by atoms with van der Waals surface area (Å²) < 4.78 is 0. The van der Waals surface area contributed by atoms with E-state index in [-0.39, 0.29) is 5.75 Å². The van der Waals surface area contributed by atoms with Gasteiger partial charge in [0.15, 0.2) is 5.65 Å². The molecule has 1 aliphatic rings. The molecule has 25 heavy (non-hydrogen) atoms. The fourth-order valence-corrected chi connectivity index (χ4v) is 4.08. The van der Waals surface area contributed by atoms with E-state index in [4.69, 9.17) is 0 Å². The molecule has 3 heterocycles. The van der Waals surface area contributed by atoms with Gasteiger partial charge >= 0.3 is 0 Å². The van der Waals surface area contributed by atoms with Crippen LogP contribution in [-0.4, -0.2) is 37.8 Å². The molecule has 2 aromatic heterocycles. The van der Waals surface area contributed by atoms with Crippen molar-refractivity contribution in [1.82, 2.24) is 20.1 Å². The van der Waals surface area contributed by atoms with Gasteiger partial charge in [-0.1, -0.05) is 19.1 Å². The normalized spacial score (nSPS) is 18.0. The molecular weight excluding hydrogens is 312 g/mol. The molecule has 0 amide bonds. The Bertz CT molecular complexity index is 915. The number of phenols is 1. The van der Waals surface area contributed by atoms with Crippen LogP contribution in [0.15, 0.2) is 30.3 Å². The van der Waals surface area contributed by atoms with E-state index in [1.165, 1.54) is 11.3 Å². The lowest BCUT2D eigenvalue weighted by molar-refractivity contribution is 0.139. The Balaban J connectivity index is 1.89. The van der Waals surface area contributed by atoms with E-state index in [9.17, 15) is 5.11 Å². The highest BCUT2D eigenvalue weighted by Crippen LogP contribution is 2.39. The standard InChI is InChI=1S/C20H24N4O/c1-4-17-19-14-11-16(13-7-5-6-8-18(13)25)22-23-20(14)21-15(19)9-10-24(17)12(2)3/h5-8,11-12,17,25H,4,9-10H2,1-3H3,(H,21,23)/t17-/m1/s1. The summed E-state index contributed by atoms with van der Waals surface area (Å²) in [5.41, 5.74) is 4.90. The third-order valence-corrected chi connectivity index (χ3v) is 5.26. The first-order valence-electron chi connectivity index (χ1n) is 9.02. The zero-order valence-electron chi connectivity index (χ0n) is 15.0. The largest absolute Gasteiger partial charge is 0.507 e. The SMILES string of the molecule is CC[C@@H]1c2c([nH]c3nnc(-c4ccccc4O)cc23)CCN1C(C)C. The van der Waals surface area contributed by atoms with Crippen molar-refractivity contribution in [1.29, 1.82) is 0 Å². The van der Waals surface area contributed by atoms with Crippen LogP contribution < -0.4 is 0 Å². The van der Waals surface area contributed by atoms with Crippen LogP contribution in [0.4, 0.5) is 0 Å². The molecule has 1 atom stereocenters. The van der Waals surface area contributed by atoms with Gasteiger partial charge in [0.05, 0.1) is 5.69 Å². The third-order valence-electron chi connectivity index (χ3n) is 5.26. The Morgan fingerprint density at radius 1 is 1.28 bits per heavy atom. The van der Waals surface area contributed by atoms with Crippen molar-refractivity contribution in [2.75, 3.05) is 6.54 Å². The van der Waals surface area contributed by atoms with E-state index in [0.29, 0.717) is 17.8 Å². The van der Waals surface area contributed by atoms with Gasteiger partial charge in [0.1, 0.15) is 5.75 Å². The van der Waals surface area contributed by atoms with E-state index in [1.807, 2.05) is 18.2 Å². The number of fused-ring (bicyclic) bond motifs is 3. The minimum atomic E-state index is 0.233. The van der Waals surface area contributed by atoms with Crippen LogP contribution in [0.1, 0.15) is 44.5 Å². The summed E-state index contributed by atoms with van der Waals surface area (Å²) in [6.07, 6.45) is 2.07. The lowest BCUT2D eigenvalue weighted by atomic mass is 9.93. The number of para-hydroxylation sites is 1. The summed E-state index contributed by atoms with van der Waals surface area (Å²) in [6.45, 7) is 7.83. The Labute approximate surface area is 147 Å². The van der Waals surface area contributed by atoms with Crippen LogP contribution in [-0.2, 0) is 6.42 Å². The summed E-state index contributed by atoms with van der Waals surface area (Å²) in [4.78, 5) is 6.04. The summed E-state index contributed by atoms with van der Waals surface area (Å²) in [5, 5.41) is 20.0. The molecule has 1 aromatic carbocycles. The lowest BCUT2D eigenvalue weighted by Gasteiger charge is -2.38. The first-order valence-corrected chi connectivity index (χ1v) is 9.02. The first kappa shape index (κ1) is 16.1. The Kier molecular flexibility index (Phi) is 3.96. The molecule has 130 valence electrons. The Hall–Kier alpha value is -2.40. The predicted octanol–water partition coefficient (Wildman–Crippen LogP) is 4.05. The zero-order valence-corrected chi connectivity index (χ0v) is 15.0. The average Bonchev–Trinajstić information content (AvgIpc) is 2.99. The van der Waals surface area contributed by atoms with Crippen LogP contribution in [0.5, 0.6) is 5.75 Å². The lowest BCUT2D eigenvalue weighted by Crippen LogP contribution is -2.39. The minimum absolute atomic E-state index is 0.233. The Morgan fingerprint density at radius 2 is 2.08 bits per heavy atom. The minimum Gasteiger partial charge on any atom is -0.507 e. The monoisotopic (exact) mass is 336 g/mol. The number of hydrogen-bond donors (Lipinski definition) is 2. The molecule has 0 fully saturated rings. The molecule has 2 N–H and O–H groups in total. The van der Waals surface area contributed by atoms with Crippen molar-refractivity contribution in [2.45, 2.75) is 45.7 Å². The smallest absolute Gasteiger partial charge is 0.160 e. The number of aromatic hydroxyl groups is 1. The summed E-state index contributed by atoms with van der Waals surface area (Å²) in [5.74, 6) is 0.233. The number of aromatic amines is 1. The second-order valence-electron chi connectivity index (χ2n) is 7.03. The van der Waals surface area contributed by atoms with Gasteiger partial charge in [-0.15, -0.1) is 10.2 Å². The van der Waals surface area contributed by atoms with Gasteiger partial charge in [-0.3, -0.25) is 4.90 Å². The van der Waals surface area contributed by atoms with Gasteiger partial charge in [0.2, 0.25) is 0 Å². The van der Waals surface area contributed by atoms with Crippen molar-refractivity contribution in [3.05, 3.63) is 41.6 Å². The van der Waals surface area contributed by atoms with Crippen molar-refractivity contribution in [2.24, 2.45) is 0 Å². The average molecular weight is 336 g/mol. The maximum Gasteiger partial charge on any atom is 0.160 e. The number of aromatic nitrogens is 3. The number of benzene rings is 1. The molecule has 5 heteroatoms. The second kappa shape index (κ2) is 6.15. The van der Waals surface area contributed by atoms with Gasteiger partial charge in [-0.2, -0.15) is 0 Å². The van der Waals surface area contributed by atoms with E-state index in [2.05, 4.69) is 46.9 Å². The molecule has 5 nitrogen and oxygen atoms in total. The Morgan fingerprint density at radius 3 is 2.80 bits per heavy atom. The fraction of sp³-hybridized carbons (Fsp3) is 0.400. The molecule has 0 saturated heterocycles. The van der Waals surface area contributed by atoms with Crippen LogP contribution in [0.2, 0.25) is 0 Å². The van der Waals surface area contributed by atoms with E-state index < -0.39 is 0 Å². The first-order chi connectivity index (χ1) is 12.1. The highest BCUT2D eigenvalue weighted by Gasteiger charge is 2.31. The van der Waals surface area contributed by atoms with Gasteiger partial charge < -0.3 is 10.1 Å². The van der Waals surface area contributed by atoms with Crippen molar-refractivity contribution in [3.8, 4) is 17.0 Å². The molecule has 0 radical (unpaired) electrons. The number of H-pyrrole nitrogens is 1. The van der Waals surface area contributed by atoms with Crippen LogP contribution in [0, 0.1) is 0 Å². The van der Waals surface area contributed by atoms with E-state index in [0.717, 1.165) is 36.0 Å². The molecular formula is C20H24N4O. The molecule has 3 aromatic rings. The van der Waals surface area contributed by atoms with Crippen LogP contribution in [0.3, 0.4) is 0 Å². The van der Waals surface area contributed by atoms with Crippen molar-refractivity contribution < 1.29 is 5.11 Å². The van der Waals surface area contributed by atoms with E-state index >= 15 is 0 Å². The van der Waals surface area contributed by atoms with Crippen molar-refractivity contribution in [3.63, 3.8) is 0 Å². The fourth-order valence-electron chi connectivity index (χ4n) is 4.08. The van der Waals surface area contributed by atoms with E-state index in [1.54, 1.807) is 6.07 Å². The number of phenolic OH excluding ortho intramolecular Hbond substituents is 1. The maximum atomic E-state index is 10.2.